The van der Waals surface area contributed by atoms with Crippen LogP contribution in [0.2, 0.25) is 0 Å². The minimum absolute atomic E-state index is 0.0811. The molecule has 0 atom stereocenters. The van der Waals surface area contributed by atoms with E-state index in [1.165, 1.54) is 6.20 Å². The second-order valence-corrected chi connectivity index (χ2v) is 5.15. The molecule has 0 amide bonds. The third kappa shape index (κ3) is 2.96. The van der Waals surface area contributed by atoms with Gasteiger partial charge in [-0.1, -0.05) is 12.8 Å². The largest absolute Gasteiger partial charge is 0.396 e. The zero-order chi connectivity index (χ0) is 14.6. The molecule has 1 saturated carbocycles. The van der Waals surface area contributed by atoms with Gasteiger partial charge < -0.3 is 15.7 Å². The number of aromatic nitrogens is 2. The number of aliphatic hydroxyl groups excluding tert-OH is 1. The predicted octanol–water partition coefficient (Wildman–Crippen LogP) is 1.39. The highest BCUT2D eigenvalue weighted by Crippen LogP contribution is 2.38. The van der Waals surface area contributed by atoms with Crippen molar-refractivity contribution in [3.63, 3.8) is 0 Å². The van der Waals surface area contributed by atoms with Gasteiger partial charge in [0.1, 0.15) is 6.20 Å². The van der Waals surface area contributed by atoms with Crippen LogP contribution in [0.5, 0.6) is 0 Å². The monoisotopic (exact) mass is 281 g/mol. The molecule has 8 nitrogen and oxygen atoms in total. The minimum Gasteiger partial charge on any atom is -0.396 e. The molecule has 1 aliphatic carbocycles. The molecule has 0 aromatic carbocycles. The van der Waals surface area contributed by atoms with Crippen molar-refractivity contribution >= 4 is 17.5 Å². The van der Waals surface area contributed by atoms with Crippen molar-refractivity contribution < 1.29 is 10.0 Å². The highest BCUT2D eigenvalue weighted by molar-refractivity contribution is 5.57. The molecule has 0 spiro atoms. The van der Waals surface area contributed by atoms with E-state index < -0.39 is 4.92 Å². The Labute approximate surface area is 116 Å². The summed E-state index contributed by atoms with van der Waals surface area (Å²) in [4.78, 5) is 18.4. The Kier molecular flexibility index (Phi) is 4.33. The van der Waals surface area contributed by atoms with Gasteiger partial charge in [0, 0.05) is 19.0 Å². The van der Waals surface area contributed by atoms with E-state index in [4.69, 9.17) is 0 Å². The maximum absolute atomic E-state index is 11.0. The van der Waals surface area contributed by atoms with E-state index in [9.17, 15) is 15.2 Å². The van der Waals surface area contributed by atoms with Crippen LogP contribution >= 0.6 is 0 Å². The first kappa shape index (κ1) is 14.4. The maximum Gasteiger partial charge on any atom is 0.329 e. The van der Waals surface area contributed by atoms with Crippen LogP contribution in [0.1, 0.15) is 25.7 Å². The zero-order valence-electron chi connectivity index (χ0n) is 11.4. The van der Waals surface area contributed by atoms with Crippen molar-refractivity contribution in [2.24, 2.45) is 5.41 Å². The van der Waals surface area contributed by atoms with E-state index in [-0.39, 0.29) is 23.5 Å². The molecular weight excluding hydrogens is 262 g/mol. The maximum atomic E-state index is 11.0. The first-order valence-corrected chi connectivity index (χ1v) is 6.64. The van der Waals surface area contributed by atoms with Gasteiger partial charge in [-0.2, -0.15) is 4.98 Å². The molecule has 1 aromatic rings. The molecule has 0 aliphatic heterocycles. The second-order valence-electron chi connectivity index (χ2n) is 5.15. The summed E-state index contributed by atoms with van der Waals surface area (Å²) in [5.74, 6) is 0.511. The van der Waals surface area contributed by atoms with Gasteiger partial charge in [-0.15, -0.1) is 0 Å². The smallest absolute Gasteiger partial charge is 0.329 e. The highest BCUT2D eigenvalue weighted by atomic mass is 16.6. The van der Waals surface area contributed by atoms with Gasteiger partial charge in [0.2, 0.25) is 11.8 Å². The molecule has 2 rings (SSSR count). The summed E-state index contributed by atoms with van der Waals surface area (Å²) < 4.78 is 0. The van der Waals surface area contributed by atoms with Crippen LogP contribution in [-0.4, -0.2) is 40.2 Å². The summed E-state index contributed by atoms with van der Waals surface area (Å²) in [6, 6.07) is 0. The molecule has 1 fully saturated rings. The van der Waals surface area contributed by atoms with Crippen LogP contribution < -0.4 is 10.6 Å². The van der Waals surface area contributed by atoms with Gasteiger partial charge in [0.05, 0.1) is 11.5 Å². The van der Waals surface area contributed by atoms with Crippen LogP contribution in [0.25, 0.3) is 0 Å². The first-order chi connectivity index (χ1) is 9.60. The van der Waals surface area contributed by atoms with Gasteiger partial charge in [-0.05, 0) is 12.8 Å². The van der Waals surface area contributed by atoms with Crippen molar-refractivity contribution in [1.82, 2.24) is 9.97 Å². The minimum atomic E-state index is -0.512. The molecule has 3 N–H and O–H groups in total. The van der Waals surface area contributed by atoms with E-state index in [2.05, 4.69) is 20.6 Å². The normalized spacial score (nSPS) is 16.9. The van der Waals surface area contributed by atoms with E-state index in [1.54, 1.807) is 7.05 Å². The summed E-state index contributed by atoms with van der Waals surface area (Å²) in [5, 5.41) is 26.3. The summed E-state index contributed by atoms with van der Waals surface area (Å²) in [5.41, 5.74) is -0.353. The van der Waals surface area contributed by atoms with E-state index in [1.807, 2.05) is 0 Å². The molecule has 1 aliphatic rings. The lowest BCUT2D eigenvalue weighted by molar-refractivity contribution is -0.384. The number of nitro groups is 1. The van der Waals surface area contributed by atoms with Crippen molar-refractivity contribution in [1.29, 1.82) is 0 Å². The molecule has 1 aromatic heterocycles. The Morgan fingerprint density at radius 1 is 1.50 bits per heavy atom. The fourth-order valence-corrected chi connectivity index (χ4v) is 2.55. The third-order valence-electron chi connectivity index (χ3n) is 3.82. The molecule has 0 saturated heterocycles. The van der Waals surface area contributed by atoms with E-state index >= 15 is 0 Å². The van der Waals surface area contributed by atoms with Crippen LogP contribution in [0.4, 0.5) is 17.5 Å². The number of aliphatic hydroxyl groups is 1. The number of rotatable bonds is 6. The lowest BCUT2D eigenvalue weighted by Crippen LogP contribution is -2.31. The Morgan fingerprint density at radius 2 is 2.20 bits per heavy atom. The third-order valence-corrected chi connectivity index (χ3v) is 3.82. The molecule has 0 radical (unpaired) electrons. The average molecular weight is 281 g/mol. The lowest BCUT2D eigenvalue weighted by atomic mass is 9.87. The summed E-state index contributed by atoms with van der Waals surface area (Å²) in [6.45, 7) is 0.558. The average Bonchev–Trinajstić information content (AvgIpc) is 2.94. The number of hydrogen-bond acceptors (Lipinski definition) is 7. The topological polar surface area (TPSA) is 113 Å². The van der Waals surface area contributed by atoms with Crippen molar-refractivity contribution in [2.75, 3.05) is 30.8 Å². The Bertz CT molecular complexity index is 488. The van der Waals surface area contributed by atoms with Gasteiger partial charge in [0.15, 0.2) is 0 Å². The fraction of sp³-hybridized carbons (Fsp3) is 0.667. The van der Waals surface area contributed by atoms with Crippen LogP contribution in [0.3, 0.4) is 0 Å². The van der Waals surface area contributed by atoms with Gasteiger partial charge in [0.25, 0.3) is 0 Å². The standard InChI is InChI=1S/C12H19N5O3/c1-13-11-14-6-9(17(19)20)10(16-11)15-7-12(8-18)4-2-3-5-12/h6,18H,2-5,7-8H2,1H3,(H2,13,14,15,16). The second kappa shape index (κ2) is 6.00. The predicted molar refractivity (Wildman–Crippen MR) is 74.7 cm³/mol. The summed E-state index contributed by atoms with van der Waals surface area (Å²) >= 11 is 0. The van der Waals surface area contributed by atoms with Gasteiger partial charge in [-0.25, -0.2) is 4.98 Å². The highest BCUT2D eigenvalue weighted by Gasteiger charge is 2.33. The Morgan fingerprint density at radius 3 is 2.75 bits per heavy atom. The molecule has 110 valence electrons. The van der Waals surface area contributed by atoms with Crippen LogP contribution in [0.15, 0.2) is 6.20 Å². The van der Waals surface area contributed by atoms with Crippen molar-refractivity contribution in [3.05, 3.63) is 16.3 Å². The van der Waals surface area contributed by atoms with Crippen molar-refractivity contribution in [3.8, 4) is 0 Å². The molecular formula is C12H19N5O3. The van der Waals surface area contributed by atoms with Gasteiger partial charge >= 0.3 is 5.69 Å². The van der Waals surface area contributed by atoms with Crippen LogP contribution in [0, 0.1) is 15.5 Å². The Balaban J connectivity index is 2.16. The summed E-state index contributed by atoms with van der Waals surface area (Å²) in [7, 11) is 1.65. The van der Waals surface area contributed by atoms with E-state index in [0.717, 1.165) is 25.7 Å². The van der Waals surface area contributed by atoms with E-state index in [0.29, 0.717) is 12.5 Å². The number of nitrogens with one attached hydrogen (secondary N) is 2. The number of nitrogens with zero attached hydrogens (tertiary/aromatic N) is 3. The van der Waals surface area contributed by atoms with Crippen molar-refractivity contribution in [2.45, 2.75) is 25.7 Å². The quantitative estimate of drug-likeness (QED) is 0.533. The summed E-state index contributed by atoms with van der Waals surface area (Å²) in [6.07, 6.45) is 5.19. The Hall–Kier alpha value is -1.96. The number of anilines is 2. The fourth-order valence-electron chi connectivity index (χ4n) is 2.55. The SMILES string of the molecule is CNc1ncc([N+](=O)[O-])c(NCC2(CO)CCCC2)n1. The molecule has 0 bridgehead atoms. The zero-order valence-corrected chi connectivity index (χ0v) is 11.4. The molecule has 8 heteroatoms. The number of hydrogen-bond donors (Lipinski definition) is 3. The van der Waals surface area contributed by atoms with Crippen LogP contribution in [-0.2, 0) is 0 Å². The molecule has 0 unspecified atom stereocenters. The molecule has 20 heavy (non-hydrogen) atoms. The lowest BCUT2D eigenvalue weighted by Gasteiger charge is -2.26. The van der Waals surface area contributed by atoms with Gasteiger partial charge in [-0.3, -0.25) is 10.1 Å². The molecule has 1 heterocycles. The first-order valence-electron chi connectivity index (χ1n) is 6.64.